The van der Waals surface area contributed by atoms with Gasteiger partial charge in [0.25, 0.3) is 0 Å². The Morgan fingerprint density at radius 3 is 2.31 bits per heavy atom. The molecule has 0 fully saturated rings. The molecule has 0 saturated carbocycles. The van der Waals surface area contributed by atoms with Crippen LogP contribution in [0, 0.1) is 11.6 Å². The van der Waals surface area contributed by atoms with E-state index < -0.39 is 34.1 Å². The van der Waals surface area contributed by atoms with E-state index in [9.17, 15) is 22.0 Å². The molecule has 0 atom stereocenters. The van der Waals surface area contributed by atoms with Crippen LogP contribution in [0.3, 0.4) is 0 Å². The van der Waals surface area contributed by atoms with Crippen molar-refractivity contribution in [2.75, 3.05) is 25.5 Å². The molecule has 1 amide bonds. The standard InChI is InChI=1S/C17H18F2N2O4S/c1-3-21(11-17(22)20-14-7-4-12(18)5-8-14)26(23,24)16-10-13(19)6-9-15(16)25-2/h4-10H,3,11H2,1-2H3,(H,20,22). The van der Waals surface area contributed by atoms with E-state index in [2.05, 4.69) is 5.32 Å². The molecule has 140 valence electrons. The molecule has 0 aliphatic carbocycles. The van der Waals surface area contributed by atoms with Crippen molar-refractivity contribution in [2.45, 2.75) is 11.8 Å². The summed E-state index contributed by atoms with van der Waals surface area (Å²) in [5.74, 6) is -1.84. The molecule has 2 aromatic rings. The Hall–Kier alpha value is -2.52. The van der Waals surface area contributed by atoms with E-state index >= 15 is 0 Å². The molecule has 0 saturated heterocycles. The highest BCUT2D eigenvalue weighted by Gasteiger charge is 2.29. The van der Waals surface area contributed by atoms with Crippen molar-refractivity contribution in [3.8, 4) is 5.75 Å². The lowest BCUT2D eigenvalue weighted by atomic mass is 10.3. The molecule has 2 rings (SSSR count). The number of halogens is 2. The Morgan fingerprint density at radius 1 is 1.12 bits per heavy atom. The number of sulfonamides is 1. The van der Waals surface area contributed by atoms with Crippen LogP contribution in [0.15, 0.2) is 47.4 Å². The van der Waals surface area contributed by atoms with Gasteiger partial charge in [-0.05, 0) is 42.5 Å². The smallest absolute Gasteiger partial charge is 0.247 e. The van der Waals surface area contributed by atoms with Crippen LogP contribution in [0.5, 0.6) is 5.75 Å². The van der Waals surface area contributed by atoms with Crippen molar-refractivity contribution < 1.29 is 26.7 Å². The molecule has 0 aliphatic heterocycles. The molecule has 1 N–H and O–H groups in total. The highest BCUT2D eigenvalue weighted by Crippen LogP contribution is 2.27. The highest BCUT2D eigenvalue weighted by atomic mass is 32.2. The van der Waals surface area contributed by atoms with Crippen LogP contribution in [0.1, 0.15) is 6.92 Å². The van der Waals surface area contributed by atoms with Crippen molar-refractivity contribution in [2.24, 2.45) is 0 Å². The maximum Gasteiger partial charge on any atom is 0.247 e. The van der Waals surface area contributed by atoms with E-state index in [1.807, 2.05) is 0 Å². The summed E-state index contributed by atoms with van der Waals surface area (Å²) in [4.78, 5) is 11.8. The fourth-order valence-corrected chi connectivity index (χ4v) is 3.82. The van der Waals surface area contributed by atoms with Gasteiger partial charge in [-0.1, -0.05) is 6.92 Å². The molecule has 2 aromatic carbocycles. The van der Waals surface area contributed by atoms with Gasteiger partial charge in [-0.3, -0.25) is 4.79 Å². The Morgan fingerprint density at radius 2 is 1.73 bits per heavy atom. The number of nitrogens with zero attached hydrogens (tertiary/aromatic N) is 1. The Balaban J connectivity index is 2.22. The number of rotatable bonds is 7. The predicted molar refractivity (Wildman–Crippen MR) is 92.4 cm³/mol. The van der Waals surface area contributed by atoms with Gasteiger partial charge in [0, 0.05) is 12.2 Å². The van der Waals surface area contributed by atoms with Crippen molar-refractivity contribution in [3.05, 3.63) is 54.1 Å². The van der Waals surface area contributed by atoms with Gasteiger partial charge in [0.2, 0.25) is 15.9 Å². The molecule has 0 unspecified atom stereocenters. The summed E-state index contributed by atoms with van der Waals surface area (Å²) < 4.78 is 57.8. The van der Waals surface area contributed by atoms with Crippen molar-refractivity contribution in [3.63, 3.8) is 0 Å². The second kappa shape index (κ2) is 8.24. The van der Waals surface area contributed by atoms with Crippen LogP contribution in [0.2, 0.25) is 0 Å². The zero-order chi connectivity index (χ0) is 19.3. The van der Waals surface area contributed by atoms with E-state index in [-0.39, 0.29) is 17.2 Å². The third kappa shape index (κ3) is 4.55. The number of ether oxygens (including phenoxy) is 1. The first-order chi connectivity index (χ1) is 12.3. The number of hydrogen-bond donors (Lipinski definition) is 1. The summed E-state index contributed by atoms with van der Waals surface area (Å²) in [6.07, 6.45) is 0. The SMILES string of the molecule is CCN(CC(=O)Nc1ccc(F)cc1)S(=O)(=O)c1cc(F)ccc1OC. The van der Waals surface area contributed by atoms with Gasteiger partial charge in [0.1, 0.15) is 22.3 Å². The molecule has 0 aliphatic rings. The quantitative estimate of drug-likeness (QED) is 0.796. The minimum atomic E-state index is -4.16. The molecular formula is C17H18F2N2O4S. The van der Waals surface area contributed by atoms with Crippen LogP contribution in [-0.2, 0) is 14.8 Å². The molecule has 0 radical (unpaired) electrons. The molecule has 0 aromatic heterocycles. The van der Waals surface area contributed by atoms with Gasteiger partial charge in [-0.2, -0.15) is 4.31 Å². The first kappa shape index (κ1) is 19.8. The maximum absolute atomic E-state index is 13.5. The Labute approximate surface area is 150 Å². The number of carbonyl (C=O) groups excluding carboxylic acids is 1. The average Bonchev–Trinajstić information content (AvgIpc) is 2.61. The largest absolute Gasteiger partial charge is 0.495 e. The van der Waals surface area contributed by atoms with Gasteiger partial charge in [-0.25, -0.2) is 17.2 Å². The highest BCUT2D eigenvalue weighted by molar-refractivity contribution is 7.89. The fraction of sp³-hybridized carbons (Fsp3) is 0.235. The zero-order valence-corrected chi connectivity index (χ0v) is 15.0. The number of hydrogen-bond acceptors (Lipinski definition) is 4. The molecular weight excluding hydrogens is 366 g/mol. The third-order valence-electron chi connectivity index (χ3n) is 3.54. The topological polar surface area (TPSA) is 75.7 Å². The summed E-state index contributed by atoms with van der Waals surface area (Å²) in [6.45, 7) is 1.04. The summed E-state index contributed by atoms with van der Waals surface area (Å²) >= 11 is 0. The third-order valence-corrected chi connectivity index (χ3v) is 5.49. The monoisotopic (exact) mass is 384 g/mol. The second-order valence-electron chi connectivity index (χ2n) is 5.28. The van der Waals surface area contributed by atoms with Crippen LogP contribution in [0.4, 0.5) is 14.5 Å². The first-order valence-electron chi connectivity index (χ1n) is 7.67. The number of carbonyl (C=O) groups is 1. The molecule has 0 bridgehead atoms. The average molecular weight is 384 g/mol. The predicted octanol–water partition coefficient (Wildman–Crippen LogP) is 2.62. The van der Waals surface area contributed by atoms with Crippen molar-refractivity contribution >= 4 is 21.6 Å². The van der Waals surface area contributed by atoms with Crippen molar-refractivity contribution in [1.29, 1.82) is 0 Å². The van der Waals surface area contributed by atoms with E-state index in [1.54, 1.807) is 6.92 Å². The zero-order valence-electron chi connectivity index (χ0n) is 14.2. The Kier molecular flexibility index (Phi) is 6.27. The summed E-state index contributed by atoms with van der Waals surface area (Å²) in [5, 5.41) is 2.48. The van der Waals surface area contributed by atoms with Gasteiger partial charge in [-0.15, -0.1) is 0 Å². The summed E-state index contributed by atoms with van der Waals surface area (Å²) in [7, 11) is -2.90. The number of amides is 1. The normalized spacial score (nSPS) is 11.4. The lowest BCUT2D eigenvalue weighted by Gasteiger charge is -2.21. The number of nitrogens with one attached hydrogen (secondary N) is 1. The number of benzene rings is 2. The lowest BCUT2D eigenvalue weighted by Crippen LogP contribution is -2.38. The molecule has 0 heterocycles. The first-order valence-corrected chi connectivity index (χ1v) is 9.11. The summed E-state index contributed by atoms with van der Waals surface area (Å²) in [6, 6.07) is 8.17. The van der Waals surface area contributed by atoms with Crippen LogP contribution >= 0.6 is 0 Å². The van der Waals surface area contributed by atoms with Crippen molar-refractivity contribution in [1.82, 2.24) is 4.31 Å². The lowest BCUT2D eigenvalue weighted by molar-refractivity contribution is -0.116. The number of anilines is 1. The van der Waals surface area contributed by atoms with Gasteiger partial charge in [0.05, 0.1) is 13.7 Å². The van der Waals surface area contributed by atoms with Crippen LogP contribution < -0.4 is 10.1 Å². The van der Waals surface area contributed by atoms with Gasteiger partial charge >= 0.3 is 0 Å². The van der Waals surface area contributed by atoms with E-state index in [4.69, 9.17) is 4.74 Å². The van der Waals surface area contributed by atoms with Gasteiger partial charge < -0.3 is 10.1 Å². The minimum Gasteiger partial charge on any atom is -0.495 e. The van der Waals surface area contributed by atoms with E-state index in [0.717, 1.165) is 16.4 Å². The Bertz CT molecular complexity index is 886. The van der Waals surface area contributed by atoms with Crippen LogP contribution in [0.25, 0.3) is 0 Å². The number of likely N-dealkylation sites (N-methyl/N-ethyl adjacent to an activating group) is 1. The summed E-state index contributed by atoms with van der Waals surface area (Å²) in [5.41, 5.74) is 0.327. The second-order valence-corrected chi connectivity index (χ2v) is 7.19. The molecule has 6 nitrogen and oxygen atoms in total. The fourth-order valence-electron chi connectivity index (χ4n) is 2.25. The van der Waals surface area contributed by atoms with E-state index in [0.29, 0.717) is 5.69 Å². The van der Waals surface area contributed by atoms with E-state index in [1.165, 1.54) is 37.4 Å². The minimum absolute atomic E-state index is 0.0150. The molecule has 9 heteroatoms. The maximum atomic E-state index is 13.5. The number of methoxy groups -OCH3 is 1. The van der Waals surface area contributed by atoms with Crippen LogP contribution in [-0.4, -0.2) is 38.8 Å². The molecule has 26 heavy (non-hydrogen) atoms. The van der Waals surface area contributed by atoms with Gasteiger partial charge in [0.15, 0.2) is 0 Å². The molecule has 0 spiro atoms.